The number of rotatable bonds is 8. The lowest BCUT2D eigenvalue weighted by Gasteiger charge is -2.43. The Morgan fingerprint density at radius 1 is 1.03 bits per heavy atom. The van der Waals surface area contributed by atoms with Crippen LogP contribution in [0.2, 0.25) is 0 Å². The third-order valence-electron chi connectivity index (χ3n) is 6.81. The second kappa shape index (κ2) is 10.4. The number of hydrogen-bond donors (Lipinski definition) is 0. The van der Waals surface area contributed by atoms with Gasteiger partial charge in [0.25, 0.3) is 0 Å². The van der Waals surface area contributed by atoms with Crippen LogP contribution in [0.4, 0.5) is 5.82 Å². The third-order valence-corrected chi connectivity index (χ3v) is 6.81. The summed E-state index contributed by atoms with van der Waals surface area (Å²) >= 11 is 0. The summed E-state index contributed by atoms with van der Waals surface area (Å²) in [6.07, 6.45) is 4.18. The number of hydrogen-bond acceptors (Lipinski definition) is 8. The van der Waals surface area contributed by atoms with Gasteiger partial charge in [-0.3, -0.25) is 9.97 Å². The highest BCUT2D eigenvalue weighted by Crippen LogP contribution is 2.31. The summed E-state index contributed by atoms with van der Waals surface area (Å²) in [6.45, 7) is 4.17. The summed E-state index contributed by atoms with van der Waals surface area (Å²) in [5.74, 6) is 2.12. The predicted molar refractivity (Wildman–Crippen MR) is 143 cm³/mol. The van der Waals surface area contributed by atoms with Crippen LogP contribution < -0.4 is 14.4 Å². The van der Waals surface area contributed by atoms with Gasteiger partial charge in [-0.25, -0.2) is 4.98 Å². The minimum atomic E-state index is 0.402. The van der Waals surface area contributed by atoms with Crippen molar-refractivity contribution < 1.29 is 9.47 Å². The molecule has 0 N–H and O–H groups in total. The van der Waals surface area contributed by atoms with Gasteiger partial charge in [0.2, 0.25) is 0 Å². The number of anilines is 1. The van der Waals surface area contributed by atoms with Crippen molar-refractivity contribution in [2.45, 2.75) is 26.0 Å². The molecule has 0 bridgehead atoms. The maximum absolute atomic E-state index is 10.1. The van der Waals surface area contributed by atoms with Crippen molar-refractivity contribution >= 4 is 16.9 Å². The number of ether oxygens (including phenoxy) is 2. The molecular weight excluding hydrogens is 464 g/mol. The molecule has 8 heteroatoms. The van der Waals surface area contributed by atoms with Gasteiger partial charge in [-0.05, 0) is 62.8 Å². The Morgan fingerprint density at radius 2 is 1.84 bits per heavy atom. The smallest absolute Gasteiger partial charge is 0.161 e. The zero-order chi connectivity index (χ0) is 25.9. The summed E-state index contributed by atoms with van der Waals surface area (Å²) in [7, 11) is 5.80. The van der Waals surface area contributed by atoms with Crippen LogP contribution in [0.15, 0.2) is 54.9 Å². The maximum Gasteiger partial charge on any atom is 0.161 e. The van der Waals surface area contributed by atoms with Gasteiger partial charge in [0.1, 0.15) is 24.0 Å². The molecule has 1 fully saturated rings. The van der Waals surface area contributed by atoms with Gasteiger partial charge in [0, 0.05) is 36.6 Å². The quantitative estimate of drug-likeness (QED) is 0.361. The van der Waals surface area contributed by atoms with Crippen molar-refractivity contribution in [3.8, 4) is 17.6 Å². The average molecular weight is 495 g/mol. The molecule has 2 aromatic carbocycles. The normalized spacial score (nSPS) is 13.5. The Morgan fingerprint density at radius 3 is 2.54 bits per heavy atom. The number of pyridine rings is 1. The van der Waals surface area contributed by atoms with E-state index in [0.29, 0.717) is 41.6 Å². The Bertz CT molecular complexity index is 1460. The highest BCUT2D eigenvalue weighted by atomic mass is 16.5. The van der Waals surface area contributed by atoms with Crippen molar-refractivity contribution in [1.29, 1.82) is 5.26 Å². The molecule has 4 aromatic rings. The number of fused-ring (bicyclic) bond motifs is 1. The van der Waals surface area contributed by atoms with Crippen LogP contribution in [0, 0.1) is 18.3 Å². The number of likely N-dealkylation sites (N-methyl/N-ethyl adjacent to an activating group) is 1. The van der Waals surface area contributed by atoms with Crippen LogP contribution in [0.1, 0.15) is 27.9 Å². The van der Waals surface area contributed by atoms with Crippen LogP contribution in [0.3, 0.4) is 0 Å². The lowest BCUT2D eigenvalue weighted by molar-refractivity contribution is 0.246. The topological polar surface area (TPSA) is 87.4 Å². The SMILES string of the molecule is COc1cc(Cc2ccc3ncc(N4CC(N(C)C)C4)nc3c2C#N)ccc1OCc1ccc(C)nc1. The Labute approximate surface area is 217 Å². The molecule has 0 saturated carbocycles. The van der Waals surface area contributed by atoms with Crippen LogP contribution >= 0.6 is 0 Å². The lowest BCUT2D eigenvalue weighted by atomic mass is 9.98. The minimum absolute atomic E-state index is 0.402. The van der Waals surface area contributed by atoms with Gasteiger partial charge in [-0.2, -0.15) is 5.26 Å². The first-order valence-electron chi connectivity index (χ1n) is 12.3. The molecule has 0 unspecified atom stereocenters. The predicted octanol–water partition coefficient (Wildman–Crippen LogP) is 4.13. The number of aryl methyl sites for hydroxylation is 1. The molecule has 0 aliphatic carbocycles. The molecule has 1 aliphatic rings. The summed E-state index contributed by atoms with van der Waals surface area (Å²) in [5.41, 5.74) is 5.79. The first-order valence-corrected chi connectivity index (χ1v) is 12.3. The first-order chi connectivity index (χ1) is 17.9. The monoisotopic (exact) mass is 494 g/mol. The zero-order valence-corrected chi connectivity index (χ0v) is 21.6. The van der Waals surface area contributed by atoms with Crippen molar-refractivity contribution in [2.24, 2.45) is 0 Å². The number of aromatic nitrogens is 3. The standard InChI is InChI=1S/C29H30N6O2/c1-19-5-6-21(14-31-19)18-37-26-10-7-20(12-27(26)36-4)11-22-8-9-25-29(24(22)13-30)33-28(15-32-25)35-16-23(17-35)34(2)3/h5-10,12,14-15,23H,11,16-18H2,1-4H3. The molecule has 1 aliphatic heterocycles. The summed E-state index contributed by atoms with van der Waals surface area (Å²) < 4.78 is 11.6. The molecule has 0 atom stereocenters. The van der Waals surface area contributed by atoms with Gasteiger partial charge in [0.15, 0.2) is 11.5 Å². The fourth-order valence-electron chi connectivity index (χ4n) is 4.41. The van der Waals surface area contributed by atoms with Gasteiger partial charge >= 0.3 is 0 Å². The van der Waals surface area contributed by atoms with E-state index >= 15 is 0 Å². The largest absolute Gasteiger partial charge is 0.493 e. The van der Waals surface area contributed by atoms with E-state index in [1.807, 2.05) is 55.6 Å². The van der Waals surface area contributed by atoms with Crippen molar-refractivity contribution in [1.82, 2.24) is 19.9 Å². The third kappa shape index (κ3) is 5.18. The number of nitrogens with zero attached hydrogens (tertiary/aromatic N) is 6. The Kier molecular flexibility index (Phi) is 6.89. The van der Waals surface area contributed by atoms with Gasteiger partial charge in [-0.1, -0.05) is 18.2 Å². The molecule has 0 amide bonds. The molecule has 3 heterocycles. The molecule has 5 rings (SSSR count). The van der Waals surface area contributed by atoms with Crippen LogP contribution in [-0.4, -0.2) is 60.2 Å². The van der Waals surface area contributed by atoms with Gasteiger partial charge in [0.05, 0.1) is 24.4 Å². The van der Waals surface area contributed by atoms with E-state index in [2.05, 4.69) is 39.9 Å². The fourth-order valence-corrected chi connectivity index (χ4v) is 4.41. The van der Waals surface area contributed by atoms with E-state index < -0.39 is 0 Å². The van der Waals surface area contributed by atoms with Gasteiger partial charge < -0.3 is 19.3 Å². The van der Waals surface area contributed by atoms with Crippen LogP contribution in [-0.2, 0) is 13.0 Å². The van der Waals surface area contributed by atoms with E-state index in [-0.39, 0.29) is 0 Å². The van der Waals surface area contributed by atoms with E-state index in [1.54, 1.807) is 13.3 Å². The Balaban J connectivity index is 1.36. The van der Waals surface area contributed by atoms with Crippen molar-refractivity contribution in [2.75, 3.05) is 39.2 Å². The van der Waals surface area contributed by atoms with E-state index in [0.717, 1.165) is 46.8 Å². The molecule has 0 spiro atoms. The number of methoxy groups -OCH3 is 1. The van der Waals surface area contributed by atoms with E-state index in [9.17, 15) is 5.26 Å². The molecular formula is C29H30N6O2. The molecule has 188 valence electrons. The first kappa shape index (κ1) is 24.5. The molecule has 8 nitrogen and oxygen atoms in total. The second-order valence-electron chi connectivity index (χ2n) is 9.59. The number of benzene rings is 2. The van der Waals surface area contributed by atoms with Crippen molar-refractivity contribution in [3.05, 3.63) is 82.8 Å². The highest BCUT2D eigenvalue weighted by Gasteiger charge is 2.29. The summed E-state index contributed by atoms with van der Waals surface area (Å²) in [6, 6.07) is 16.6. The van der Waals surface area contributed by atoms with E-state index in [1.165, 1.54) is 0 Å². The lowest BCUT2D eigenvalue weighted by Crippen LogP contribution is -2.57. The van der Waals surface area contributed by atoms with Crippen LogP contribution in [0.25, 0.3) is 11.0 Å². The van der Waals surface area contributed by atoms with Gasteiger partial charge in [-0.15, -0.1) is 0 Å². The summed E-state index contributed by atoms with van der Waals surface area (Å²) in [4.78, 5) is 18.2. The maximum atomic E-state index is 10.1. The van der Waals surface area contributed by atoms with E-state index in [4.69, 9.17) is 14.5 Å². The Hall–Kier alpha value is -4.22. The average Bonchev–Trinajstić information content (AvgIpc) is 2.87. The number of nitriles is 1. The molecule has 0 radical (unpaired) electrons. The second-order valence-corrected chi connectivity index (χ2v) is 9.59. The minimum Gasteiger partial charge on any atom is -0.493 e. The zero-order valence-electron chi connectivity index (χ0n) is 21.6. The van der Waals surface area contributed by atoms with Crippen LogP contribution in [0.5, 0.6) is 11.5 Å². The molecule has 37 heavy (non-hydrogen) atoms. The highest BCUT2D eigenvalue weighted by molar-refractivity contribution is 5.83. The van der Waals surface area contributed by atoms with Crippen molar-refractivity contribution in [3.63, 3.8) is 0 Å². The molecule has 2 aromatic heterocycles. The summed E-state index contributed by atoms with van der Waals surface area (Å²) in [5, 5.41) is 10.1. The molecule has 1 saturated heterocycles. The fraction of sp³-hybridized carbons (Fsp3) is 0.310.